The summed E-state index contributed by atoms with van der Waals surface area (Å²) in [6, 6.07) is 11.4. The standard InChI is InChI=1S/C16H11IN2O2S/c17-13-5-3-11(4-6-13)10-19-15(20)14(22-16(19)21)8-12-2-1-7-18-9-12/h1-9H,10H2/b14-8+. The van der Waals surface area contributed by atoms with Gasteiger partial charge in [0.2, 0.25) is 0 Å². The normalized spacial score (nSPS) is 16.6. The monoisotopic (exact) mass is 422 g/mol. The Bertz CT molecular complexity index is 745. The Balaban J connectivity index is 1.80. The molecule has 0 atom stereocenters. The molecule has 0 spiro atoms. The topological polar surface area (TPSA) is 50.3 Å². The summed E-state index contributed by atoms with van der Waals surface area (Å²) in [7, 11) is 0. The highest BCUT2D eigenvalue weighted by atomic mass is 127. The number of imide groups is 1. The summed E-state index contributed by atoms with van der Waals surface area (Å²) in [4.78, 5) is 30.2. The van der Waals surface area contributed by atoms with Gasteiger partial charge in [-0.2, -0.15) is 0 Å². The molecule has 0 saturated carbocycles. The fourth-order valence-electron chi connectivity index (χ4n) is 2.02. The number of hydrogen-bond acceptors (Lipinski definition) is 4. The summed E-state index contributed by atoms with van der Waals surface area (Å²) in [5.74, 6) is -0.252. The Labute approximate surface area is 145 Å². The second-order valence-corrected chi connectivity index (χ2v) is 6.92. The maximum atomic E-state index is 12.4. The van der Waals surface area contributed by atoms with Crippen molar-refractivity contribution in [1.82, 2.24) is 9.88 Å². The van der Waals surface area contributed by atoms with Gasteiger partial charge in [-0.25, -0.2) is 0 Å². The Morgan fingerprint density at radius 1 is 1.18 bits per heavy atom. The van der Waals surface area contributed by atoms with E-state index < -0.39 is 0 Å². The van der Waals surface area contributed by atoms with E-state index in [0.717, 1.165) is 26.5 Å². The van der Waals surface area contributed by atoms with E-state index in [1.807, 2.05) is 30.3 Å². The van der Waals surface area contributed by atoms with Gasteiger partial charge in [0.25, 0.3) is 11.1 Å². The predicted octanol–water partition coefficient (Wildman–Crippen LogP) is 3.92. The van der Waals surface area contributed by atoms with Crippen LogP contribution in [-0.2, 0) is 11.3 Å². The van der Waals surface area contributed by atoms with Crippen LogP contribution >= 0.6 is 34.4 Å². The Morgan fingerprint density at radius 2 is 1.95 bits per heavy atom. The lowest BCUT2D eigenvalue weighted by atomic mass is 10.2. The SMILES string of the molecule is O=C1S/C(=C/c2cccnc2)C(=O)N1Cc1ccc(I)cc1. The van der Waals surface area contributed by atoms with E-state index in [4.69, 9.17) is 0 Å². The molecule has 4 nitrogen and oxygen atoms in total. The highest BCUT2D eigenvalue weighted by molar-refractivity contribution is 14.1. The van der Waals surface area contributed by atoms with Crippen LogP contribution in [-0.4, -0.2) is 21.0 Å². The number of aromatic nitrogens is 1. The van der Waals surface area contributed by atoms with Crippen molar-refractivity contribution in [2.75, 3.05) is 0 Å². The number of pyridine rings is 1. The van der Waals surface area contributed by atoms with Crippen molar-refractivity contribution >= 4 is 51.6 Å². The summed E-state index contributed by atoms with van der Waals surface area (Å²) < 4.78 is 1.12. The highest BCUT2D eigenvalue weighted by Gasteiger charge is 2.34. The van der Waals surface area contributed by atoms with Crippen LogP contribution in [0.25, 0.3) is 6.08 Å². The molecule has 2 heterocycles. The highest BCUT2D eigenvalue weighted by Crippen LogP contribution is 2.33. The number of carbonyl (C=O) groups is 2. The van der Waals surface area contributed by atoms with Gasteiger partial charge >= 0.3 is 0 Å². The summed E-state index contributed by atoms with van der Waals surface area (Å²) >= 11 is 3.19. The van der Waals surface area contributed by atoms with E-state index in [1.165, 1.54) is 4.90 Å². The quantitative estimate of drug-likeness (QED) is 0.556. The number of thioether (sulfide) groups is 1. The lowest BCUT2D eigenvalue weighted by Gasteiger charge is -2.12. The first-order chi connectivity index (χ1) is 10.6. The molecule has 1 fully saturated rings. The number of carbonyl (C=O) groups excluding carboxylic acids is 2. The molecule has 1 aromatic carbocycles. The molecule has 0 aliphatic carbocycles. The van der Waals surface area contributed by atoms with Crippen LogP contribution in [0, 0.1) is 3.57 Å². The molecule has 2 aromatic rings. The van der Waals surface area contributed by atoms with Crippen molar-refractivity contribution in [3.05, 3.63) is 68.4 Å². The van der Waals surface area contributed by atoms with Crippen LogP contribution in [0.3, 0.4) is 0 Å². The van der Waals surface area contributed by atoms with Crippen molar-refractivity contribution in [1.29, 1.82) is 0 Å². The maximum absolute atomic E-state index is 12.4. The van der Waals surface area contributed by atoms with Gasteiger partial charge in [0, 0.05) is 16.0 Å². The molecule has 6 heteroatoms. The summed E-state index contributed by atoms with van der Waals surface area (Å²) in [5, 5.41) is -0.237. The van der Waals surface area contributed by atoms with Crippen molar-refractivity contribution in [3.63, 3.8) is 0 Å². The van der Waals surface area contributed by atoms with Crippen molar-refractivity contribution in [2.24, 2.45) is 0 Å². The summed E-state index contributed by atoms with van der Waals surface area (Å²) in [6.07, 6.45) is 5.03. The first kappa shape index (κ1) is 15.2. The smallest absolute Gasteiger partial charge is 0.268 e. The number of rotatable bonds is 3. The molecule has 22 heavy (non-hydrogen) atoms. The van der Waals surface area contributed by atoms with E-state index in [-0.39, 0.29) is 11.1 Å². The van der Waals surface area contributed by atoms with Gasteiger partial charge in [0.15, 0.2) is 0 Å². The molecule has 1 saturated heterocycles. The fourth-order valence-corrected chi connectivity index (χ4v) is 3.22. The second-order valence-electron chi connectivity index (χ2n) is 4.68. The number of nitrogens with zero attached hydrogens (tertiary/aromatic N) is 2. The minimum atomic E-state index is -0.252. The average molecular weight is 422 g/mol. The molecular weight excluding hydrogens is 411 g/mol. The molecule has 110 valence electrons. The molecule has 2 amide bonds. The van der Waals surface area contributed by atoms with Crippen LogP contribution < -0.4 is 0 Å². The zero-order chi connectivity index (χ0) is 15.5. The molecular formula is C16H11IN2O2S. The summed E-state index contributed by atoms with van der Waals surface area (Å²) in [5.41, 5.74) is 1.74. The third-order valence-electron chi connectivity index (χ3n) is 3.11. The third-order valence-corrected chi connectivity index (χ3v) is 4.74. The van der Waals surface area contributed by atoms with E-state index in [2.05, 4.69) is 27.6 Å². The zero-order valence-corrected chi connectivity index (χ0v) is 14.4. The van der Waals surface area contributed by atoms with Gasteiger partial charge < -0.3 is 0 Å². The van der Waals surface area contributed by atoms with Crippen LogP contribution in [0.1, 0.15) is 11.1 Å². The minimum absolute atomic E-state index is 0.237. The van der Waals surface area contributed by atoms with Gasteiger partial charge in [0.1, 0.15) is 0 Å². The zero-order valence-electron chi connectivity index (χ0n) is 11.4. The van der Waals surface area contributed by atoms with E-state index in [0.29, 0.717) is 11.4 Å². The maximum Gasteiger partial charge on any atom is 0.293 e. The molecule has 0 bridgehead atoms. The van der Waals surface area contributed by atoms with Gasteiger partial charge in [0.05, 0.1) is 11.4 Å². The van der Waals surface area contributed by atoms with Crippen LogP contribution in [0.4, 0.5) is 4.79 Å². The van der Waals surface area contributed by atoms with Crippen molar-refractivity contribution in [2.45, 2.75) is 6.54 Å². The molecule has 1 aliphatic rings. The second kappa shape index (κ2) is 6.62. The van der Waals surface area contributed by atoms with Crippen LogP contribution in [0.5, 0.6) is 0 Å². The lowest BCUT2D eigenvalue weighted by molar-refractivity contribution is -0.123. The minimum Gasteiger partial charge on any atom is -0.268 e. The van der Waals surface area contributed by atoms with E-state index in [1.54, 1.807) is 24.5 Å². The van der Waals surface area contributed by atoms with Crippen molar-refractivity contribution in [3.8, 4) is 0 Å². The summed E-state index contributed by atoms with van der Waals surface area (Å²) in [6.45, 7) is 0.298. The number of halogens is 1. The third kappa shape index (κ3) is 3.38. The first-order valence-corrected chi connectivity index (χ1v) is 8.43. The predicted molar refractivity (Wildman–Crippen MR) is 94.9 cm³/mol. The number of hydrogen-bond donors (Lipinski definition) is 0. The molecule has 0 radical (unpaired) electrons. The largest absolute Gasteiger partial charge is 0.293 e. The van der Waals surface area contributed by atoms with E-state index in [9.17, 15) is 9.59 Å². The van der Waals surface area contributed by atoms with Gasteiger partial charge in [-0.05, 0) is 69.8 Å². The van der Waals surface area contributed by atoms with Gasteiger partial charge in [-0.3, -0.25) is 19.5 Å². The molecule has 3 rings (SSSR count). The molecule has 1 aromatic heterocycles. The number of amides is 2. The van der Waals surface area contributed by atoms with Crippen molar-refractivity contribution < 1.29 is 9.59 Å². The van der Waals surface area contributed by atoms with Gasteiger partial charge in [-0.15, -0.1) is 0 Å². The Hall–Kier alpha value is -1.67. The molecule has 0 N–H and O–H groups in total. The number of benzene rings is 1. The molecule has 1 aliphatic heterocycles. The van der Waals surface area contributed by atoms with E-state index >= 15 is 0 Å². The van der Waals surface area contributed by atoms with Crippen LogP contribution in [0.15, 0.2) is 53.7 Å². The van der Waals surface area contributed by atoms with Gasteiger partial charge in [-0.1, -0.05) is 18.2 Å². The first-order valence-electron chi connectivity index (χ1n) is 6.53. The fraction of sp³-hybridized carbons (Fsp3) is 0.0625. The average Bonchev–Trinajstić information content (AvgIpc) is 2.78. The Kier molecular flexibility index (Phi) is 4.58. The van der Waals surface area contributed by atoms with Crippen LogP contribution in [0.2, 0.25) is 0 Å². The molecule has 0 unspecified atom stereocenters. The lowest BCUT2D eigenvalue weighted by Crippen LogP contribution is -2.27. The Morgan fingerprint density at radius 3 is 2.64 bits per heavy atom.